The molecule has 0 spiro atoms. The highest BCUT2D eigenvalue weighted by Crippen LogP contribution is 2.29. The Labute approximate surface area is 350 Å². The number of carbonyl (C=O) groups is 3. The molecule has 0 saturated carbocycles. The second-order valence-corrected chi connectivity index (χ2v) is 14.5. The molecule has 0 aliphatic carbocycles. The van der Waals surface area contributed by atoms with Crippen LogP contribution in [0.25, 0.3) is 21.5 Å². The zero-order valence-electron chi connectivity index (χ0n) is 34.6. The number of hydrogen-bond donors (Lipinski definition) is 6. The predicted molar refractivity (Wildman–Crippen MR) is 236 cm³/mol. The first-order valence-electron chi connectivity index (χ1n) is 19.9. The molecular weight excluding hydrogens is 763 g/mol. The summed E-state index contributed by atoms with van der Waals surface area (Å²) in [6, 6.07) is 28.5. The Hall–Kier alpha value is -6.73. The van der Waals surface area contributed by atoms with Crippen LogP contribution in [-0.4, -0.2) is 87.0 Å². The fourth-order valence-corrected chi connectivity index (χ4v) is 6.33. The van der Waals surface area contributed by atoms with Gasteiger partial charge in [-0.15, -0.1) is 0 Å². The average Bonchev–Trinajstić information content (AvgIpc) is 3.22. The van der Waals surface area contributed by atoms with E-state index in [4.69, 9.17) is 20.7 Å². The van der Waals surface area contributed by atoms with Crippen LogP contribution in [0.4, 0.5) is 11.8 Å². The van der Waals surface area contributed by atoms with E-state index < -0.39 is 11.9 Å². The van der Waals surface area contributed by atoms with Gasteiger partial charge in [-0.25, -0.2) is 14.6 Å². The number of hydrogen-bond acceptors (Lipinski definition) is 11. The van der Waals surface area contributed by atoms with E-state index in [9.17, 15) is 24.6 Å². The van der Waals surface area contributed by atoms with E-state index in [1.807, 2.05) is 57.4 Å². The molecule has 0 atom stereocenters. The molecule has 7 N–H and O–H groups in total. The number of aromatic nitrogens is 2. The predicted octanol–water partition coefficient (Wildman–Crippen LogP) is 8.47. The Bertz CT molecular complexity index is 2270. The zero-order chi connectivity index (χ0) is 43.6. The largest absolute Gasteiger partial charge is 0.506 e. The summed E-state index contributed by atoms with van der Waals surface area (Å²) >= 11 is 0. The molecule has 6 rings (SSSR count). The second kappa shape index (κ2) is 23.0. The van der Waals surface area contributed by atoms with Gasteiger partial charge < -0.3 is 41.1 Å². The van der Waals surface area contributed by atoms with Crippen LogP contribution in [0, 0.1) is 6.92 Å². The van der Waals surface area contributed by atoms with Crippen molar-refractivity contribution in [2.75, 3.05) is 44.8 Å². The Morgan fingerprint density at radius 3 is 1.80 bits per heavy atom. The highest BCUT2D eigenvalue weighted by atomic mass is 16.5. The van der Waals surface area contributed by atoms with Gasteiger partial charge in [-0.05, 0) is 80.9 Å². The van der Waals surface area contributed by atoms with E-state index in [-0.39, 0.29) is 28.6 Å². The number of phenols is 2. The van der Waals surface area contributed by atoms with Crippen LogP contribution < -0.4 is 11.1 Å². The number of aromatic carboxylic acids is 2. The summed E-state index contributed by atoms with van der Waals surface area (Å²) in [6.45, 7) is 6.51. The number of aromatic hydroxyl groups is 2. The molecule has 13 heteroatoms. The molecule has 1 heterocycles. The van der Waals surface area contributed by atoms with E-state index in [2.05, 4.69) is 39.2 Å². The normalized spacial score (nSPS) is 10.7. The average molecular weight is 818 g/mol. The highest BCUT2D eigenvalue weighted by Gasteiger charge is 2.14. The van der Waals surface area contributed by atoms with Crippen LogP contribution in [0.1, 0.15) is 82.1 Å². The van der Waals surface area contributed by atoms with Gasteiger partial charge >= 0.3 is 17.9 Å². The smallest absolute Gasteiger partial charge is 0.339 e. The van der Waals surface area contributed by atoms with E-state index in [1.165, 1.54) is 25.0 Å². The standard InChI is InChI=1S/C25H39N5O2.2C11H8O3/c1-5-6-7-14-27-24-22(19(2)28-25(26)29-24)17-20-10-12-21(13-11-20)18-23(31)32-16-9-8-15-30(3)4;2*12-10-8-4-2-1-3-7(8)5-6-9(10)11(13)14/h10-13H,5-9,14-18H2,1-4H3,(H3,26,27,28,29);2*1-6,12H,(H,13,14). The zero-order valence-corrected chi connectivity index (χ0v) is 34.6. The van der Waals surface area contributed by atoms with Gasteiger partial charge in [0.25, 0.3) is 0 Å². The lowest BCUT2D eigenvalue weighted by molar-refractivity contribution is -0.142. The van der Waals surface area contributed by atoms with Crippen LogP contribution in [0.15, 0.2) is 97.1 Å². The van der Waals surface area contributed by atoms with Crippen LogP contribution in [0.5, 0.6) is 11.5 Å². The Morgan fingerprint density at radius 2 is 1.27 bits per heavy atom. The number of anilines is 2. The number of carboxylic acids is 2. The maximum Gasteiger partial charge on any atom is 0.339 e. The van der Waals surface area contributed by atoms with Crippen molar-refractivity contribution >= 4 is 51.2 Å². The number of rotatable bonds is 16. The van der Waals surface area contributed by atoms with Crippen LogP contribution in [0.2, 0.25) is 0 Å². The highest BCUT2D eigenvalue weighted by molar-refractivity contribution is 6.01. The minimum atomic E-state index is -1.12. The third-order valence-electron chi connectivity index (χ3n) is 9.58. The summed E-state index contributed by atoms with van der Waals surface area (Å²) in [5.41, 5.74) is 9.78. The van der Waals surface area contributed by atoms with Crippen LogP contribution in [-0.2, 0) is 22.4 Å². The van der Waals surface area contributed by atoms with E-state index in [1.54, 1.807) is 36.4 Å². The number of nitrogens with zero attached hydrogens (tertiary/aromatic N) is 3. The van der Waals surface area contributed by atoms with E-state index in [0.717, 1.165) is 71.3 Å². The van der Waals surface area contributed by atoms with E-state index >= 15 is 0 Å². The number of esters is 1. The molecule has 0 aliphatic heterocycles. The summed E-state index contributed by atoms with van der Waals surface area (Å²) in [4.78, 5) is 44.4. The molecule has 0 unspecified atom stereocenters. The third kappa shape index (κ3) is 13.7. The number of benzene rings is 5. The molecule has 1 aromatic heterocycles. The fourth-order valence-electron chi connectivity index (χ4n) is 6.33. The lowest BCUT2D eigenvalue weighted by Crippen LogP contribution is -2.14. The monoisotopic (exact) mass is 817 g/mol. The van der Waals surface area contributed by atoms with Gasteiger partial charge in [0.15, 0.2) is 0 Å². The first kappa shape index (κ1) is 46.0. The minimum Gasteiger partial charge on any atom is -0.506 e. The molecule has 0 aliphatic rings. The number of ether oxygens (including phenoxy) is 1. The number of aryl methyl sites for hydroxylation is 1. The van der Waals surface area contributed by atoms with E-state index in [0.29, 0.717) is 36.2 Å². The first-order chi connectivity index (χ1) is 28.8. The van der Waals surface area contributed by atoms with Gasteiger partial charge in [-0.2, -0.15) is 4.98 Å². The van der Waals surface area contributed by atoms with Crippen molar-refractivity contribution in [3.63, 3.8) is 0 Å². The lowest BCUT2D eigenvalue weighted by atomic mass is 10.0. The SMILES string of the molecule is CCCCCNc1nc(N)nc(C)c1Cc1ccc(CC(=O)OCCCCN(C)C)cc1.O=C(O)c1ccc2ccccc2c1O.O=C(O)c1ccc2ccccc2c1O. The van der Waals surface area contributed by atoms with Gasteiger partial charge in [-0.1, -0.05) is 105 Å². The van der Waals surface area contributed by atoms with Crippen molar-refractivity contribution in [3.05, 3.63) is 131 Å². The summed E-state index contributed by atoms with van der Waals surface area (Å²) < 4.78 is 5.36. The molecule has 60 heavy (non-hydrogen) atoms. The summed E-state index contributed by atoms with van der Waals surface area (Å²) in [5, 5.41) is 43.0. The molecule has 6 aromatic rings. The summed E-state index contributed by atoms with van der Waals surface area (Å²) in [5.74, 6) is -1.65. The maximum absolute atomic E-state index is 12.1. The molecule has 13 nitrogen and oxygen atoms in total. The molecule has 0 fully saturated rings. The van der Waals surface area contributed by atoms with Crippen molar-refractivity contribution in [1.29, 1.82) is 0 Å². The third-order valence-corrected chi connectivity index (χ3v) is 9.58. The summed E-state index contributed by atoms with van der Waals surface area (Å²) in [7, 11) is 4.09. The number of carboxylic acid groups (broad SMARTS) is 2. The molecule has 5 aromatic carbocycles. The Balaban J connectivity index is 0.000000231. The molecule has 0 saturated heterocycles. The maximum atomic E-state index is 12.1. The lowest BCUT2D eigenvalue weighted by Gasteiger charge is -2.14. The number of nitrogens with two attached hydrogens (primary N) is 1. The fraction of sp³-hybridized carbons (Fsp3) is 0.298. The van der Waals surface area contributed by atoms with Gasteiger partial charge in [0, 0.05) is 35.0 Å². The first-order valence-corrected chi connectivity index (χ1v) is 19.9. The number of nitrogen functional groups attached to an aromatic ring is 1. The Kier molecular flexibility index (Phi) is 17.6. The number of nitrogens with one attached hydrogen (secondary N) is 1. The van der Waals surface area contributed by atoms with Crippen molar-refractivity contribution in [2.24, 2.45) is 0 Å². The topological polar surface area (TPSA) is 208 Å². The molecule has 0 radical (unpaired) electrons. The van der Waals surface area contributed by atoms with Crippen molar-refractivity contribution in [3.8, 4) is 11.5 Å². The van der Waals surface area contributed by atoms with Crippen LogP contribution in [0.3, 0.4) is 0 Å². The molecule has 0 bridgehead atoms. The second-order valence-electron chi connectivity index (χ2n) is 14.5. The summed E-state index contributed by atoms with van der Waals surface area (Å²) in [6.07, 6.45) is 6.37. The van der Waals surface area contributed by atoms with Gasteiger partial charge in [0.05, 0.1) is 13.0 Å². The van der Waals surface area contributed by atoms with Crippen molar-refractivity contribution < 1.29 is 39.5 Å². The number of fused-ring (bicyclic) bond motifs is 2. The number of unbranched alkanes of at least 4 members (excludes halogenated alkanes) is 3. The van der Waals surface area contributed by atoms with Crippen molar-refractivity contribution in [1.82, 2.24) is 14.9 Å². The minimum absolute atomic E-state index is 0.0660. The van der Waals surface area contributed by atoms with Gasteiger partial charge in [0.1, 0.15) is 28.4 Å². The molecule has 0 amide bonds. The quantitative estimate of drug-likeness (QED) is 0.0401. The van der Waals surface area contributed by atoms with Gasteiger partial charge in [0.2, 0.25) is 5.95 Å². The number of carbonyl (C=O) groups excluding carboxylic acids is 1. The molecular formula is C47H55N5O8. The molecule has 316 valence electrons. The Morgan fingerprint density at radius 1 is 0.717 bits per heavy atom. The van der Waals surface area contributed by atoms with Gasteiger partial charge in [-0.3, -0.25) is 4.79 Å². The van der Waals surface area contributed by atoms with Crippen LogP contribution >= 0.6 is 0 Å². The van der Waals surface area contributed by atoms with Crippen molar-refractivity contribution in [2.45, 2.75) is 58.8 Å².